The van der Waals surface area contributed by atoms with Crippen LogP contribution in [0.4, 0.5) is 5.00 Å². The standard InChI is InChI=1S/C14H15NO3S/c1-15(10-3-2-6-19-10)13(16)11-8-4-5-9(7-8)12(11)14(17)18/h2-6,8-9,11-12H,7H2,1H3,(H,17,18)/t8-,9-,11+,12-/m1/s1. The molecule has 1 saturated carbocycles. The van der Waals surface area contributed by atoms with Crippen molar-refractivity contribution in [2.24, 2.45) is 23.7 Å². The molecule has 2 aliphatic carbocycles. The smallest absolute Gasteiger partial charge is 0.307 e. The first-order valence-electron chi connectivity index (χ1n) is 6.32. The SMILES string of the molecule is CN(C(=O)[C@@H]1[C@H](C(=O)O)[C@@H]2C=C[C@@H]1C2)c1cccs1. The Bertz CT molecular complexity index is 537. The molecule has 0 aromatic carbocycles. The maximum absolute atomic E-state index is 12.6. The fourth-order valence-electron chi connectivity index (χ4n) is 3.29. The van der Waals surface area contributed by atoms with Crippen molar-refractivity contribution in [2.75, 3.05) is 11.9 Å². The molecule has 1 heterocycles. The fourth-order valence-corrected chi connectivity index (χ4v) is 3.99. The van der Waals surface area contributed by atoms with E-state index in [9.17, 15) is 14.7 Å². The summed E-state index contributed by atoms with van der Waals surface area (Å²) in [7, 11) is 1.72. The molecule has 19 heavy (non-hydrogen) atoms. The maximum Gasteiger partial charge on any atom is 0.307 e. The van der Waals surface area contributed by atoms with Gasteiger partial charge in [0.05, 0.1) is 16.8 Å². The molecule has 4 atom stereocenters. The summed E-state index contributed by atoms with van der Waals surface area (Å²) in [6.07, 6.45) is 4.76. The predicted molar refractivity (Wildman–Crippen MR) is 73.1 cm³/mol. The summed E-state index contributed by atoms with van der Waals surface area (Å²) in [5.74, 6) is -1.81. The van der Waals surface area contributed by atoms with Crippen molar-refractivity contribution in [3.05, 3.63) is 29.7 Å². The summed E-state index contributed by atoms with van der Waals surface area (Å²) in [5, 5.41) is 12.1. The van der Waals surface area contributed by atoms with Gasteiger partial charge in [0, 0.05) is 7.05 Å². The number of rotatable bonds is 3. The van der Waals surface area contributed by atoms with Gasteiger partial charge in [-0.25, -0.2) is 0 Å². The molecule has 1 fully saturated rings. The molecule has 5 heteroatoms. The maximum atomic E-state index is 12.6. The Hall–Kier alpha value is -1.62. The molecule has 1 aromatic rings. The van der Waals surface area contributed by atoms with Gasteiger partial charge in [0.15, 0.2) is 0 Å². The summed E-state index contributed by atoms with van der Waals surface area (Å²) in [6, 6.07) is 3.76. The normalized spacial score (nSPS) is 31.6. The van der Waals surface area contributed by atoms with Crippen LogP contribution in [-0.4, -0.2) is 24.0 Å². The van der Waals surface area contributed by atoms with E-state index in [0.29, 0.717) is 0 Å². The highest BCUT2D eigenvalue weighted by molar-refractivity contribution is 7.14. The molecule has 2 aliphatic rings. The van der Waals surface area contributed by atoms with E-state index >= 15 is 0 Å². The van der Waals surface area contributed by atoms with Gasteiger partial charge in [-0.1, -0.05) is 12.2 Å². The van der Waals surface area contributed by atoms with Crippen LogP contribution in [0.2, 0.25) is 0 Å². The van der Waals surface area contributed by atoms with E-state index in [-0.39, 0.29) is 17.7 Å². The van der Waals surface area contributed by atoms with Gasteiger partial charge >= 0.3 is 5.97 Å². The van der Waals surface area contributed by atoms with Gasteiger partial charge in [0.2, 0.25) is 5.91 Å². The second-order valence-electron chi connectivity index (χ2n) is 5.19. The first-order valence-corrected chi connectivity index (χ1v) is 7.19. The average Bonchev–Trinajstić information content (AvgIpc) is 3.10. The number of nitrogens with zero attached hydrogens (tertiary/aromatic N) is 1. The van der Waals surface area contributed by atoms with E-state index in [0.717, 1.165) is 11.4 Å². The van der Waals surface area contributed by atoms with Gasteiger partial charge in [0.1, 0.15) is 0 Å². The van der Waals surface area contributed by atoms with Crippen LogP contribution in [-0.2, 0) is 9.59 Å². The number of anilines is 1. The Labute approximate surface area is 115 Å². The lowest BCUT2D eigenvalue weighted by Gasteiger charge is -2.27. The lowest BCUT2D eigenvalue weighted by molar-refractivity contribution is -0.147. The lowest BCUT2D eigenvalue weighted by atomic mass is 9.82. The van der Waals surface area contributed by atoms with Gasteiger partial charge < -0.3 is 10.0 Å². The minimum Gasteiger partial charge on any atom is -0.481 e. The summed E-state index contributed by atoms with van der Waals surface area (Å²) in [5.41, 5.74) is 0. The fraction of sp³-hybridized carbons (Fsp3) is 0.429. The van der Waals surface area contributed by atoms with E-state index < -0.39 is 17.8 Å². The largest absolute Gasteiger partial charge is 0.481 e. The van der Waals surface area contributed by atoms with E-state index in [2.05, 4.69) is 0 Å². The summed E-state index contributed by atoms with van der Waals surface area (Å²) < 4.78 is 0. The molecule has 0 unspecified atom stereocenters. The van der Waals surface area contributed by atoms with Crippen molar-refractivity contribution in [3.8, 4) is 0 Å². The molecule has 2 bridgehead atoms. The Balaban J connectivity index is 1.87. The number of hydrogen-bond donors (Lipinski definition) is 1. The van der Waals surface area contributed by atoms with Crippen LogP contribution >= 0.6 is 11.3 Å². The Kier molecular flexibility index (Phi) is 2.93. The number of aliphatic carboxylic acids is 1. The van der Waals surface area contributed by atoms with Gasteiger partial charge in [-0.3, -0.25) is 9.59 Å². The zero-order chi connectivity index (χ0) is 13.6. The number of amides is 1. The van der Waals surface area contributed by atoms with Gasteiger partial charge in [-0.2, -0.15) is 0 Å². The quantitative estimate of drug-likeness (QED) is 0.862. The first-order chi connectivity index (χ1) is 9.09. The third kappa shape index (κ3) is 1.89. The summed E-state index contributed by atoms with van der Waals surface area (Å²) in [4.78, 5) is 25.6. The number of carboxylic acid groups (broad SMARTS) is 1. The first kappa shape index (κ1) is 12.4. The Morgan fingerprint density at radius 1 is 1.32 bits per heavy atom. The molecule has 0 aliphatic heterocycles. The minimum atomic E-state index is -0.852. The molecule has 1 N–H and O–H groups in total. The zero-order valence-electron chi connectivity index (χ0n) is 10.5. The van der Waals surface area contributed by atoms with Crippen LogP contribution in [0, 0.1) is 23.7 Å². The van der Waals surface area contributed by atoms with Crippen LogP contribution in [0.5, 0.6) is 0 Å². The molecule has 0 radical (unpaired) electrons. The number of fused-ring (bicyclic) bond motifs is 2. The van der Waals surface area contributed by atoms with E-state index in [1.807, 2.05) is 29.7 Å². The molecule has 0 saturated heterocycles. The van der Waals surface area contributed by atoms with Crippen LogP contribution < -0.4 is 4.90 Å². The third-order valence-electron chi connectivity index (χ3n) is 4.20. The van der Waals surface area contributed by atoms with Crippen molar-refractivity contribution in [1.82, 2.24) is 0 Å². The highest BCUT2D eigenvalue weighted by Crippen LogP contribution is 2.49. The van der Waals surface area contributed by atoms with Crippen LogP contribution in [0.25, 0.3) is 0 Å². The van der Waals surface area contributed by atoms with Crippen molar-refractivity contribution >= 4 is 28.2 Å². The number of allylic oxidation sites excluding steroid dienone is 2. The molecular formula is C14H15NO3S. The zero-order valence-corrected chi connectivity index (χ0v) is 11.3. The van der Waals surface area contributed by atoms with Crippen molar-refractivity contribution < 1.29 is 14.7 Å². The third-order valence-corrected chi connectivity index (χ3v) is 5.14. The molecule has 4 nitrogen and oxygen atoms in total. The molecular weight excluding hydrogens is 262 g/mol. The van der Waals surface area contributed by atoms with Gasteiger partial charge in [0.25, 0.3) is 0 Å². The molecule has 0 spiro atoms. The van der Waals surface area contributed by atoms with E-state index in [1.165, 1.54) is 11.3 Å². The number of carbonyl (C=O) groups excluding carboxylic acids is 1. The second kappa shape index (κ2) is 4.49. The topological polar surface area (TPSA) is 57.6 Å². The van der Waals surface area contributed by atoms with Crippen LogP contribution in [0.1, 0.15) is 6.42 Å². The molecule has 3 rings (SSSR count). The molecule has 1 amide bonds. The highest BCUT2D eigenvalue weighted by atomic mass is 32.1. The van der Waals surface area contributed by atoms with Gasteiger partial charge in [-0.05, 0) is 35.8 Å². The number of carboxylic acids is 1. The van der Waals surface area contributed by atoms with Crippen molar-refractivity contribution in [1.29, 1.82) is 0 Å². The minimum absolute atomic E-state index is 0.0215. The lowest BCUT2D eigenvalue weighted by Crippen LogP contribution is -2.41. The Morgan fingerprint density at radius 2 is 2.00 bits per heavy atom. The van der Waals surface area contributed by atoms with Crippen LogP contribution in [0.3, 0.4) is 0 Å². The predicted octanol–water partition coefficient (Wildman–Crippen LogP) is 2.23. The second-order valence-corrected chi connectivity index (χ2v) is 6.11. The monoisotopic (exact) mass is 277 g/mol. The number of thiophene rings is 1. The van der Waals surface area contributed by atoms with Crippen molar-refractivity contribution in [3.63, 3.8) is 0 Å². The van der Waals surface area contributed by atoms with E-state index in [4.69, 9.17) is 0 Å². The molecule has 100 valence electrons. The van der Waals surface area contributed by atoms with Gasteiger partial charge in [-0.15, -0.1) is 11.3 Å². The molecule has 1 aromatic heterocycles. The van der Waals surface area contributed by atoms with E-state index in [1.54, 1.807) is 11.9 Å². The number of hydrogen-bond acceptors (Lipinski definition) is 3. The Morgan fingerprint density at radius 3 is 2.58 bits per heavy atom. The average molecular weight is 277 g/mol. The van der Waals surface area contributed by atoms with Crippen LogP contribution in [0.15, 0.2) is 29.7 Å². The summed E-state index contributed by atoms with van der Waals surface area (Å²) >= 11 is 1.49. The highest BCUT2D eigenvalue weighted by Gasteiger charge is 2.52. The van der Waals surface area contributed by atoms with Crippen molar-refractivity contribution in [2.45, 2.75) is 6.42 Å². The number of carbonyl (C=O) groups is 2. The summed E-state index contributed by atoms with van der Waals surface area (Å²) in [6.45, 7) is 0.